The van der Waals surface area contributed by atoms with Gasteiger partial charge in [0.25, 0.3) is 0 Å². The second-order valence-electron chi connectivity index (χ2n) is 5.37. The Hall–Kier alpha value is -1.94. The fourth-order valence-corrected chi connectivity index (χ4v) is 3.40. The van der Waals surface area contributed by atoms with Crippen molar-refractivity contribution in [1.82, 2.24) is 4.98 Å². The number of anilines is 1. The molecular weight excluding hydrogens is 283 g/mol. The minimum Gasteiger partial charge on any atom is -0.359 e. The number of aryl methyl sites for hydroxylation is 1. The van der Waals surface area contributed by atoms with Crippen molar-refractivity contribution in [3.8, 4) is 0 Å². The number of hydrogen-bond donors (Lipinski definition) is 1. The van der Waals surface area contributed by atoms with Gasteiger partial charge < -0.3 is 5.32 Å². The third-order valence-corrected chi connectivity index (χ3v) is 4.32. The van der Waals surface area contributed by atoms with E-state index < -0.39 is 0 Å². The molecule has 0 saturated carbocycles. The maximum absolute atomic E-state index is 12.9. The molecule has 0 amide bonds. The summed E-state index contributed by atoms with van der Waals surface area (Å²) in [5.74, 6) is -0.194. The number of hydrogen-bond acceptors (Lipinski definition) is 3. The van der Waals surface area contributed by atoms with Crippen LogP contribution in [-0.2, 0) is 6.42 Å². The van der Waals surface area contributed by atoms with Gasteiger partial charge in [-0.1, -0.05) is 29.5 Å². The Morgan fingerprint density at radius 1 is 1.19 bits per heavy atom. The lowest BCUT2D eigenvalue weighted by Gasteiger charge is -2.12. The molecule has 4 heteroatoms. The van der Waals surface area contributed by atoms with E-state index in [9.17, 15) is 4.39 Å². The average molecular weight is 300 g/mol. The van der Waals surface area contributed by atoms with Crippen molar-refractivity contribution in [3.63, 3.8) is 0 Å². The highest BCUT2D eigenvalue weighted by atomic mass is 32.1. The van der Waals surface area contributed by atoms with Crippen LogP contribution in [0.2, 0.25) is 0 Å². The van der Waals surface area contributed by atoms with Gasteiger partial charge in [0, 0.05) is 6.04 Å². The summed E-state index contributed by atoms with van der Waals surface area (Å²) in [5, 5.41) is 4.36. The molecule has 0 radical (unpaired) electrons. The number of aromatic nitrogens is 1. The molecule has 0 bridgehead atoms. The summed E-state index contributed by atoms with van der Waals surface area (Å²) in [6, 6.07) is 13.2. The molecule has 1 unspecified atom stereocenters. The maximum Gasteiger partial charge on any atom is 0.184 e. The van der Waals surface area contributed by atoms with Gasteiger partial charge in [0.15, 0.2) is 5.13 Å². The summed E-state index contributed by atoms with van der Waals surface area (Å²) in [6.45, 7) is 4.20. The van der Waals surface area contributed by atoms with Gasteiger partial charge in [0.1, 0.15) is 5.82 Å². The molecule has 3 rings (SSSR count). The van der Waals surface area contributed by atoms with Gasteiger partial charge in [0.05, 0.1) is 10.2 Å². The van der Waals surface area contributed by atoms with E-state index in [1.54, 1.807) is 11.3 Å². The standard InChI is InChI=1S/C17H17FN2S/c1-11-3-8-15-16(9-11)21-17(20-15)19-12(2)10-13-4-6-14(18)7-5-13/h3-9,12H,10H2,1-2H3,(H,19,20). The van der Waals surface area contributed by atoms with E-state index in [2.05, 4.69) is 42.3 Å². The van der Waals surface area contributed by atoms with E-state index in [1.807, 2.05) is 12.1 Å². The number of halogens is 1. The van der Waals surface area contributed by atoms with Gasteiger partial charge in [0.2, 0.25) is 0 Å². The molecule has 3 aromatic rings. The topological polar surface area (TPSA) is 24.9 Å². The molecule has 0 aliphatic carbocycles. The lowest BCUT2D eigenvalue weighted by Crippen LogP contribution is -2.17. The van der Waals surface area contributed by atoms with E-state index in [-0.39, 0.29) is 11.9 Å². The average Bonchev–Trinajstić information content (AvgIpc) is 2.82. The first-order valence-corrected chi connectivity index (χ1v) is 7.80. The molecule has 1 N–H and O–H groups in total. The van der Waals surface area contributed by atoms with Crippen LogP contribution in [0.5, 0.6) is 0 Å². The number of benzene rings is 2. The van der Waals surface area contributed by atoms with Crippen LogP contribution in [0, 0.1) is 12.7 Å². The minimum atomic E-state index is -0.194. The van der Waals surface area contributed by atoms with Crippen molar-refractivity contribution >= 4 is 26.7 Å². The highest BCUT2D eigenvalue weighted by Gasteiger charge is 2.08. The normalized spacial score (nSPS) is 12.5. The zero-order valence-electron chi connectivity index (χ0n) is 12.1. The Labute approximate surface area is 127 Å². The van der Waals surface area contributed by atoms with E-state index in [1.165, 1.54) is 22.4 Å². The molecule has 0 saturated heterocycles. The Morgan fingerprint density at radius 2 is 1.95 bits per heavy atom. The first-order valence-electron chi connectivity index (χ1n) is 6.98. The second-order valence-corrected chi connectivity index (χ2v) is 6.40. The van der Waals surface area contributed by atoms with Crippen LogP contribution < -0.4 is 5.32 Å². The fourth-order valence-electron chi connectivity index (χ4n) is 2.33. The summed E-state index contributed by atoms with van der Waals surface area (Å²) < 4.78 is 14.1. The maximum atomic E-state index is 12.9. The molecule has 2 aromatic carbocycles. The molecule has 2 nitrogen and oxygen atoms in total. The molecule has 0 aliphatic rings. The van der Waals surface area contributed by atoms with Gasteiger partial charge in [-0.05, 0) is 55.7 Å². The summed E-state index contributed by atoms with van der Waals surface area (Å²) >= 11 is 1.67. The smallest absolute Gasteiger partial charge is 0.184 e. The third-order valence-electron chi connectivity index (χ3n) is 3.37. The zero-order chi connectivity index (χ0) is 14.8. The second kappa shape index (κ2) is 5.82. The summed E-state index contributed by atoms with van der Waals surface area (Å²) in [7, 11) is 0. The Bertz CT molecular complexity index is 749. The number of rotatable bonds is 4. The van der Waals surface area contributed by atoms with Gasteiger partial charge in [-0.2, -0.15) is 0 Å². The Morgan fingerprint density at radius 3 is 2.71 bits per heavy atom. The predicted molar refractivity (Wildman–Crippen MR) is 87.5 cm³/mol. The van der Waals surface area contributed by atoms with Crippen LogP contribution in [0.3, 0.4) is 0 Å². The SMILES string of the molecule is Cc1ccc2nc(NC(C)Cc3ccc(F)cc3)sc2c1. The number of thiazole rings is 1. The molecule has 21 heavy (non-hydrogen) atoms. The van der Waals surface area contributed by atoms with Crippen LogP contribution in [0.1, 0.15) is 18.1 Å². The van der Waals surface area contributed by atoms with Crippen molar-refractivity contribution in [2.75, 3.05) is 5.32 Å². The molecule has 1 aromatic heterocycles. The molecule has 0 fully saturated rings. The first-order chi connectivity index (χ1) is 10.1. The summed E-state index contributed by atoms with van der Waals surface area (Å²) in [6.07, 6.45) is 0.842. The van der Waals surface area contributed by atoms with E-state index in [0.29, 0.717) is 0 Å². The van der Waals surface area contributed by atoms with Crippen molar-refractivity contribution in [1.29, 1.82) is 0 Å². The summed E-state index contributed by atoms with van der Waals surface area (Å²) in [5.41, 5.74) is 3.40. The van der Waals surface area contributed by atoms with Crippen molar-refractivity contribution < 1.29 is 4.39 Å². The quantitative estimate of drug-likeness (QED) is 0.749. The van der Waals surface area contributed by atoms with Gasteiger partial charge >= 0.3 is 0 Å². The van der Waals surface area contributed by atoms with Crippen LogP contribution in [-0.4, -0.2) is 11.0 Å². The lowest BCUT2D eigenvalue weighted by atomic mass is 10.1. The number of nitrogens with one attached hydrogen (secondary N) is 1. The molecular formula is C17H17FN2S. The fraction of sp³-hybridized carbons (Fsp3) is 0.235. The monoisotopic (exact) mass is 300 g/mol. The largest absolute Gasteiger partial charge is 0.359 e. The highest BCUT2D eigenvalue weighted by Crippen LogP contribution is 2.27. The van der Waals surface area contributed by atoms with Gasteiger partial charge in [-0.25, -0.2) is 9.37 Å². The zero-order valence-corrected chi connectivity index (χ0v) is 12.9. The molecule has 0 spiro atoms. The van der Waals surface area contributed by atoms with Crippen molar-refractivity contribution in [3.05, 3.63) is 59.4 Å². The molecule has 1 atom stereocenters. The lowest BCUT2D eigenvalue weighted by molar-refractivity contribution is 0.626. The molecule has 1 heterocycles. The third kappa shape index (κ3) is 3.39. The van der Waals surface area contributed by atoms with E-state index in [4.69, 9.17) is 0 Å². The predicted octanol–water partition coefficient (Wildman–Crippen LogP) is 4.79. The van der Waals surface area contributed by atoms with Crippen molar-refractivity contribution in [2.24, 2.45) is 0 Å². The van der Waals surface area contributed by atoms with E-state index >= 15 is 0 Å². The van der Waals surface area contributed by atoms with Crippen LogP contribution in [0.4, 0.5) is 9.52 Å². The first kappa shape index (κ1) is 14.0. The number of nitrogens with zero attached hydrogens (tertiary/aromatic N) is 1. The molecule has 108 valence electrons. The Kier molecular flexibility index (Phi) is 3.88. The Balaban J connectivity index is 1.70. The number of fused-ring (bicyclic) bond motifs is 1. The highest BCUT2D eigenvalue weighted by molar-refractivity contribution is 7.22. The summed E-state index contributed by atoms with van der Waals surface area (Å²) in [4.78, 5) is 4.60. The van der Waals surface area contributed by atoms with Crippen molar-refractivity contribution in [2.45, 2.75) is 26.3 Å². The van der Waals surface area contributed by atoms with E-state index in [0.717, 1.165) is 22.6 Å². The van der Waals surface area contributed by atoms with Gasteiger partial charge in [-0.3, -0.25) is 0 Å². The minimum absolute atomic E-state index is 0.194. The van der Waals surface area contributed by atoms with Crippen LogP contribution in [0.25, 0.3) is 10.2 Å². The van der Waals surface area contributed by atoms with Gasteiger partial charge in [-0.15, -0.1) is 0 Å². The molecule has 0 aliphatic heterocycles. The van der Waals surface area contributed by atoms with Crippen LogP contribution >= 0.6 is 11.3 Å². The van der Waals surface area contributed by atoms with Crippen LogP contribution in [0.15, 0.2) is 42.5 Å².